The number of anilines is 1. The lowest BCUT2D eigenvalue weighted by molar-refractivity contribution is 0.238. The molecule has 27 heavy (non-hydrogen) atoms. The number of fused-ring (bicyclic) bond motifs is 1. The van der Waals surface area contributed by atoms with Gasteiger partial charge in [0.1, 0.15) is 6.07 Å². The van der Waals surface area contributed by atoms with Crippen molar-refractivity contribution in [2.45, 2.75) is 32.9 Å². The van der Waals surface area contributed by atoms with Crippen LogP contribution in [-0.2, 0) is 6.54 Å². The van der Waals surface area contributed by atoms with Gasteiger partial charge in [-0.1, -0.05) is 31.2 Å². The molecule has 0 aliphatic carbocycles. The highest BCUT2D eigenvalue weighted by atomic mass is 16.5. The van der Waals surface area contributed by atoms with E-state index in [0.29, 0.717) is 24.5 Å². The summed E-state index contributed by atoms with van der Waals surface area (Å²) in [5.41, 5.74) is 4.22. The summed E-state index contributed by atoms with van der Waals surface area (Å²) in [5.74, 6) is 1.21. The summed E-state index contributed by atoms with van der Waals surface area (Å²) in [6.07, 6.45) is 1.94. The molecule has 0 spiro atoms. The molecule has 1 aromatic heterocycles. The smallest absolute Gasteiger partial charge is 0.184 e. The van der Waals surface area contributed by atoms with Crippen LogP contribution in [0.25, 0.3) is 10.9 Å². The van der Waals surface area contributed by atoms with Crippen LogP contribution in [0.15, 0.2) is 48.7 Å². The Kier molecular flexibility index (Phi) is 5.77. The summed E-state index contributed by atoms with van der Waals surface area (Å²) in [4.78, 5) is 4.48. The minimum Gasteiger partial charge on any atom is -0.493 e. The molecule has 5 heteroatoms. The van der Waals surface area contributed by atoms with E-state index >= 15 is 0 Å². The first kappa shape index (κ1) is 18.5. The summed E-state index contributed by atoms with van der Waals surface area (Å²) in [7, 11) is 1.60. The van der Waals surface area contributed by atoms with Gasteiger partial charge in [-0.2, -0.15) is 5.26 Å². The van der Waals surface area contributed by atoms with Crippen LogP contribution in [0, 0.1) is 18.3 Å². The van der Waals surface area contributed by atoms with Crippen LogP contribution in [0.4, 0.5) is 5.69 Å². The van der Waals surface area contributed by atoms with Gasteiger partial charge in [0.15, 0.2) is 17.6 Å². The number of ether oxygens (including phenoxy) is 2. The second kappa shape index (κ2) is 8.41. The normalized spacial score (nSPS) is 11.6. The quantitative estimate of drug-likeness (QED) is 0.652. The van der Waals surface area contributed by atoms with Crippen molar-refractivity contribution in [3.05, 3.63) is 59.8 Å². The maximum Gasteiger partial charge on any atom is 0.184 e. The molecule has 0 aliphatic rings. The standard InChI is InChI=1S/C22H23N3O2/c1-4-17(13-23)27-21-12-16(8-9-20(21)26-3)14-25-19-10-11-24-22-15(2)6-5-7-18(19)22/h5-12,17H,4,14H2,1-3H3,(H,24,25). The van der Waals surface area contributed by atoms with E-state index in [9.17, 15) is 0 Å². The van der Waals surface area contributed by atoms with Crippen LogP contribution in [0.2, 0.25) is 0 Å². The van der Waals surface area contributed by atoms with Crippen LogP contribution in [0.5, 0.6) is 11.5 Å². The molecule has 1 unspecified atom stereocenters. The van der Waals surface area contributed by atoms with E-state index in [1.165, 1.54) is 0 Å². The first-order valence-electron chi connectivity index (χ1n) is 8.97. The van der Waals surface area contributed by atoms with E-state index in [1.54, 1.807) is 7.11 Å². The molecule has 1 N–H and O–H groups in total. The highest BCUT2D eigenvalue weighted by molar-refractivity contribution is 5.92. The van der Waals surface area contributed by atoms with E-state index in [2.05, 4.69) is 35.4 Å². The van der Waals surface area contributed by atoms with Crippen LogP contribution < -0.4 is 14.8 Å². The fraction of sp³-hybridized carbons (Fsp3) is 0.273. The zero-order chi connectivity index (χ0) is 19.2. The zero-order valence-electron chi connectivity index (χ0n) is 15.8. The number of benzene rings is 2. The molecule has 1 heterocycles. The average molecular weight is 361 g/mol. The van der Waals surface area contributed by atoms with Crippen molar-refractivity contribution >= 4 is 16.6 Å². The Balaban J connectivity index is 1.83. The summed E-state index contributed by atoms with van der Waals surface area (Å²) in [5, 5.41) is 13.7. The summed E-state index contributed by atoms with van der Waals surface area (Å²) >= 11 is 0. The molecule has 5 nitrogen and oxygen atoms in total. The lowest BCUT2D eigenvalue weighted by atomic mass is 10.1. The Morgan fingerprint density at radius 2 is 2.04 bits per heavy atom. The predicted octanol–water partition coefficient (Wildman–Crippen LogP) is 4.84. The number of nitrogens with one attached hydrogen (secondary N) is 1. The van der Waals surface area contributed by atoms with E-state index < -0.39 is 6.10 Å². The molecular weight excluding hydrogens is 338 g/mol. The van der Waals surface area contributed by atoms with E-state index in [1.807, 2.05) is 43.5 Å². The van der Waals surface area contributed by atoms with Crippen molar-refractivity contribution in [2.24, 2.45) is 0 Å². The lowest BCUT2D eigenvalue weighted by Gasteiger charge is -2.16. The Morgan fingerprint density at radius 1 is 1.19 bits per heavy atom. The molecule has 0 bridgehead atoms. The molecule has 0 fully saturated rings. The SMILES string of the molecule is CCC(C#N)Oc1cc(CNc2ccnc3c(C)cccc23)ccc1OC. The van der Waals surface area contributed by atoms with Gasteiger partial charge in [0.25, 0.3) is 0 Å². The Labute approximate surface area is 159 Å². The molecule has 0 radical (unpaired) electrons. The second-order valence-corrected chi connectivity index (χ2v) is 6.31. The molecular formula is C22H23N3O2. The van der Waals surface area contributed by atoms with E-state index in [4.69, 9.17) is 14.7 Å². The fourth-order valence-electron chi connectivity index (χ4n) is 2.95. The third-order valence-electron chi connectivity index (χ3n) is 4.47. The fourth-order valence-corrected chi connectivity index (χ4v) is 2.95. The molecule has 0 amide bonds. The molecule has 138 valence electrons. The number of hydrogen-bond acceptors (Lipinski definition) is 5. The largest absolute Gasteiger partial charge is 0.493 e. The van der Waals surface area contributed by atoms with Gasteiger partial charge in [-0.3, -0.25) is 4.98 Å². The molecule has 0 saturated heterocycles. The van der Waals surface area contributed by atoms with Crippen molar-refractivity contribution in [1.29, 1.82) is 5.26 Å². The van der Waals surface area contributed by atoms with Crippen molar-refractivity contribution in [3.63, 3.8) is 0 Å². The Bertz CT molecular complexity index is 979. The van der Waals surface area contributed by atoms with Gasteiger partial charge in [-0.05, 0) is 42.7 Å². The van der Waals surface area contributed by atoms with Crippen LogP contribution in [0.1, 0.15) is 24.5 Å². The number of methoxy groups -OCH3 is 1. The first-order valence-corrected chi connectivity index (χ1v) is 8.97. The molecule has 3 aromatic rings. The minimum absolute atomic E-state index is 0.491. The summed E-state index contributed by atoms with van der Waals surface area (Å²) in [6, 6.07) is 16.1. The van der Waals surface area contributed by atoms with Crippen LogP contribution >= 0.6 is 0 Å². The number of rotatable bonds is 7. The van der Waals surface area contributed by atoms with Crippen molar-refractivity contribution in [1.82, 2.24) is 4.98 Å². The monoisotopic (exact) mass is 361 g/mol. The highest BCUT2D eigenvalue weighted by Crippen LogP contribution is 2.30. The third-order valence-corrected chi connectivity index (χ3v) is 4.47. The number of aromatic nitrogens is 1. The summed E-state index contributed by atoms with van der Waals surface area (Å²) < 4.78 is 11.2. The lowest BCUT2D eigenvalue weighted by Crippen LogP contribution is -2.13. The van der Waals surface area contributed by atoms with Gasteiger partial charge in [0, 0.05) is 23.8 Å². The number of pyridine rings is 1. The number of para-hydroxylation sites is 1. The van der Waals surface area contributed by atoms with Gasteiger partial charge >= 0.3 is 0 Å². The number of hydrogen-bond donors (Lipinski definition) is 1. The maximum atomic E-state index is 9.16. The van der Waals surface area contributed by atoms with Gasteiger partial charge in [-0.15, -0.1) is 0 Å². The second-order valence-electron chi connectivity index (χ2n) is 6.31. The van der Waals surface area contributed by atoms with Gasteiger partial charge in [0.2, 0.25) is 0 Å². The molecule has 3 rings (SSSR count). The third kappa shape index (κ3) is 4.12. The van der Waals surface area contributed by atoms with Crippen molar-refractivity contribution in [3.8, 4) is 17.6 Å². The van der Waals surface area contributed by atoms with Crippen LogP contribution in [0.3, 0.4) is 0 Å². The molecule has 0 saturated carbocycles. The number of nitriles is 1. The average Bonchev–Trinajstić information content (AvgIpc) is 2.71. The van der Waals surface area contributed by atoms with Gasteiger partial charge in [-0.25, -0.2) is 0 Å². The minimum atomic E-state index is -0.491. The van der Waals surface area contributed by atoms with E-state index in [0.717, 1.165) is 27.7 Å². The molecule has 2 aromatic carbocycles. The van der Waals surface area contributed by atoms with Gasteiger partial charge in [0.05, 0.1) is 12.6 Å². The highest BCUT2D eigenvalue weighted by Gasteiger charge is 2.12. The van der Waals surface area contributed by atoms with Crippen molar-refractivity contribution < 1.29 is 9.47 Å². The number of nitrogens with zero attached hydrogens (tertiary/aromatic N) is 2. The number of aryl methyl sites for hydroxylation is 1. The summed E-state index contributed by atoms with van der Waals surface area (Å²) in [6.45, 7) is 4.60. The van der Waals surface area contributed by atoms with Gasteiger partial charge < -0.3 is 14.8 Å². The molecule has 1 atom stereocenters. The Morgan fingerprint density at radius 3 is 2.78 bits per heavy atom. The zero-order valence-corrected chi connectivity index (χ0v) is 15.8. The topological polar surface area (TPSA) is 67.2 Å². The van der Waals surface area contributed by atoms with Crippen LogP contribution in [-0.4, -0.2) is 18.2 Å². The predicted molar refractivity (Wildman–Crippen MR) is 107 cm³/mol. The van der Waals surface area contributed by atoms with E-state index in [-0.39, 0.29) is 0 Å². The van der Waals surface area contributed by atoms with Crippen molar-refractivity contribution in [2.75, 3.05) is 12.4 Å². The maximum absolute atomic E-state index is 9.16. The molecule has 0 aliphatic heterocycles. The Hall–Kier alpha value is -3.26. The first-order chi connectivity index (χ1) is 13.2.